The molecule has 10 nitrogen and oxygen atoms in total. The van der Waals surface area contributed by atoms with E-state index >= 15 is 4.39 Å². The monoisotopic (exact) mass is 662 g/mol. The van der Waals surface area contributed by atoms with Crippen molar-refractivity contribution in [2.45, 2.75) is 63.4 Å². The molecule has 3 atom stereocenters. The number of thiophene rings is 1. The van der Waals surface area contributed by atoms with E-state index in [-0.39, 0.29) is 86.9 Å². The topological polar surface area (TPSA) is 125 Å². The Labute approximate surface area is 272 Å². The molecule has 3 N–H and O–H groups in total. The van der Waals surface area contributed by atoms with Gasteiger partial charge in [-0.3, -0.25) is 9.88 Å². The molecule has 0 radical (unpaired) electrons. The van der Waals surface area contributed by atoms with Gasteiger partial charge in [-0.15, -0.1) is 11.3 Å². The first-order valence-electron chi connectivity index (χ1n) is 16.2. The van der Waals surface area contributed by atoms with Crippen LogP contribution in [0.1, 0.15) is 48.8 Å². The average molecular weight is 663 g/mol. The summed E-state index contributed by atoms with van der Waals surface area (Å²) in [5, 5.41) is 14.4. The number of fused-ring (bicyclic) bond motifs is 6. The third-order valence-corrected chi connectivity index (χ3v) is 11.9. The highest BCUT2D eigenvalue weighted by molar-refractivity contribution is 7.23. The number of nitrogens with zero attached hydrogens (tertiary/aromatic N) is 6. The lowest BCUT2D eigenvalue weighted by atomic mass is 9.93. The molecule has 7 heterocycles. The van der Waals surface area contributed by atoms with Crippen LogP contribution in [0, 0.1) is 28.4 Å². The van der Waals surface area contributed by atoms with Crippen LogP contribution in [0.4, 0.5) is 24.0 Å². The van der Waals surface area contributed by atoms with E-state index in [4.69, 9.17) is 25.2 Å². The number of aromatic nitrogens is 3. The van der Waals surface area contributed by atoms with Crippen molar-refractivity contribution in [2.75, 3.05) is 50.1 Å². The molecule has 1 saturated carbocycles. The number of alkyl halides is 1. The van der Waals surface area contributed by atoms with Crippen LogP contribution in [0.15, 0.2) is 6.20 Å². The highest BCUT2D eigenvalue weighted by atomic mass is 32.1. The molecule has 4 aliphatic heterocycles. The van der Waals surface area contributed by atoms with E-state index in [0.29, 0.717) is 23.4 Å². The van der Waals surface area contributed by atoms with E-state index in [1.165, 1.54) is 0 Å². The van der Waals surface area contributed by atoms with Gasteiger partial charge in [-0.05, 0) is 43.2 Å². The van der Waals surface area contributed by atoms with Crippen molar-refractivity contribution in [1.82, 2.24) is 25.2 Å². The number of anilines is 2. The molecule has 5 aliphatic rings. The first kappa shape index (κ1) is 29.4. The van der Waals surface area contributed by atoms with Gasteiger partial charge in [0.1, 0.15) is 29.1 Å². The van der Waals surface area contributed by atoms with Crippen molar-refractivity contribution in [3.8, 4) is 23.3 Å². The minimum absolute atomic E-state index is 0.0253. The fourth-order valence-electron chi connectivity index (χ4n) is 8.05. The summed E-state index contributed by atoms with van der Waals surface area (Å²) in [5.74, 6) is -0.650. The molecular weight excluding hydrogens is 629 g/mol. The summed E-state index contributed by atoms with van der Waals surface area (Å²) >= 11 is 0.943. The van der Waals surface area contributed by atoms with Gasteiger partial charge in [0, 0.05) is 60.7 Å². The van der Waals surface area contributed by atoms with Gasteiger partial charge in [-0.2, -0.15) is 15.2 Å². The standard InChI is InChI=1S/C33H33F3N8O2S/c34-7-16-3-6-43(16)14-33(4-5-33)15-46-32-41-28-25(31(42-32)44-17-1-2-18(44)10-39-9-17)21-13-45-12-20(21)23(26(28)36)27-24-19(8-37)30(38)47-29(24)22(35)11-40-27/h11,16-18,39H,1-7,9-10,12-15,38H2/t16-,17?,18?/m0/s1. The van der Waals surface area contributed by atoms with Crippen molar-refractivity contribution in [3.05, 3.63) is 34.5 Å². The van der Waals surface area contributed by atoms with Crippen LogP contribution in [-0.2, 0) is 18.0 Å². The number of nitrogens with one attached hydrogen (secondary N) is 1. The number of likely N-dealkylation sites (tertiary alicyclic amines) is 1. The van der Waals surface area contributed by atoms with Crippen molar-refractivity contribution in [2.24, 2.45) is 5.41 Å². The number of rotatable bonds is 8. The fraction of sp³-hybridized carbons (Fsp3) is 0.515. The molecule has 0 amide bonds. The molecule has 1 aromatic carbocycles. The van der Waals surface area contributed by atoms with Crippen LogP contribution < -0.4 is 20.7 Å². The number of nitrogens with two attached hydrogens (primary N) is 1. The maximum atomic E-state index is 17.3. The number of piperazine rings is 1. The molecule has 244 valence electrons. The average Bonchev–Trinajstić information content (AvgIpc) is 3.37. The summed E-state index contributed by atoms with van der Waals surface area (Å²) in [6.45, 7) is 3.56. The molecule has 1 aliphatic carbocycles. The Bertz CT molecular complexity index is 1980. The summed E-state index contributed by atoms with van der Waals surface area (Å²) < 4.78 is 58.1. The smallest absolute Gasteiger partial charge is 0.319 e. The van der Waals surface area contributed by atoms with E-state index in [9.17, 15) is 14.0 Å². The Balaban J connectivity index is 1.21. The second-order valence-corrected chi connectivity index (χ2v) is 14.7. The van der Waals surface area contributed by atoms with E-state index in [1.807, 2.05) is 0 Å². The SMILES string of the molecule is N#Cc1c(N)sc2c(F)cnc(-c3c4c(c5c(N6C7CCC6CNC7)nc(OCC6(CN7CC[C@H]7CF)CC6)nc5c3F)COC4)c12. The van der Waals surface area contributed by atoms with E-state index in [1.54, 1.807) is 0 Å². The molecule has 14 heteroatoms. The van der Waals surface area contributed by atoms with Gasteiger partial charge < -0.3 is 25.4 Å². The first-order valence-corrected chi connectivity index (χ1v) is 17.0. The van der Waals surface area contributed by atoms with Crippen molar-refractivity contribution in [1.29, 1.82) is 5.26 Å². The minimum Gasteiger partial charge on any atom is -0.463 e. The Morgan fingerprint density at radius 3 is 2.62 bits per heavy atom. The number of nitriles is 1. The summed E-state index contributed by atoms with van der Waals surface area (Å²) in [6, 6.07) is 2.49. The quantitative estimate of drug-likeness (QED) is 0.272. The highest BCUT2D eigenvalue weighted by Crippen LogP contribution is 2.50. The maximum Gasteiger partial charge on any atom is 0.319 e. The number of ether oxygens (including phenoxy) is 2. The number of hydrogen-bond donors (Lipinski definition) is 2. The van der Waals surface area contributed by atoms with Gasteiger partial charge in [0.25, 0.3) is 0 Å². The van der Waals surface area contributed by atoms with E-state index < -0.39 is 11.6 Å². The minimum atomic E-state index is -0.651. The van der Waals surface area contributed by atoms with Crippen molar-refractivity contribution < 1.29 is 22.6 Å². The van der Waals surface area contributed by atoms with Crippen LogP contribution >= 0.6 is 11.3 Å². The molecule has 9 rings (SSSR count). The lowest BCUT2D eigenvalue weighted by Gasteiger charge is -2.41. The molecule has 3 aromatic heterocycles. The lowest BCUT2D eigenvalue weighted by Crippen LogP contribution is -2.52. The summed E-state index contributed by atoms with van der Waals surface area (Å²) in [4.78, 5) is 18.5. The third-order valence-electron chi connectivity index (χ3n) is 10.9. The zero-order chi connectivity index (χ0) is 32.0. The van der Waals surface area contributed by atoms with Gasteiger partial charge in [0.2, 0.25) is 0 Å². The Hall–Kier alpha value is -3.77. The molecule has 4 fully saturated rings. The van der Waals surface area contributed by atoms with Gasteiger partial charge in [-0.1, -0.05) is 0 Å². The second-order valence-electron chi connectivity index (χ2n) is 13.6. The molecule has 3 saturated heterocycles. The molecule has 47 heavy (non-hydrogen) atoms. The normalized spacial score (nSPS) is 24.5. The van der Waals surface area contributed by atoms with Gasteiger partial charge in [0.15, 0.2) is 11.6 Å². The zero-order valence-corrected chi connectivity index (χ0v) is 26.4. The molecule has 4 aromatic rings. The lowest BCUT2D eigenvalue weighted by molar-refractivity contribution is 0.0365. The zero-order valence-electron chi connectivity index (χ0n) is 25.6. The number of nitrogen functional groups attached to an aromatic ring is 1. The van der Waals surface area contributed by atoms with E-state index in [2.05, 4.69) is 26.2 Å². The molecular formula is C33H33F3N8O2S. The highest BCUT2D eigenvalue weighted by Gasteiger charge is 2.48. The third kappa shape index (κ3) is 4.50. The van der Waals surface area contributed by atoms with Gasteiger partial charge in [-0.25, -0.2) is 13.2 Å². The van der Waals surface area contributed by atoms with Crippen molar-refractivity contribution >= 4 is 43.1 Å². The maximum absolute atomic E-state index is 17.3. The Morgan fingerprint density at radius 1 is 1.13 bits per heavy atom. The number of benzene rings is 1. The Kier molecular flexibility index (Phi) is 6.80. The molecule has 0 spiro atoms. The second kappa shape index (κ2) is 10.9. The van der Waals surface area contributed by atoms with Crippen LogP contribution in [0.2, 0.25) is 0 Å². The predicted octanol–water partition coefficient (Wildman–Crippen LogP) is 4.81. The number of hydrogen-bond acceptors (Lipinski definition) is 11. The van der Waals surface area contributed by atoms with Crippen LogP contribution in [0.3, 0.4) is 0 Å². The van der Waals surface area contributed by atoms with Crippen molar-refractivity contribution in [3.63, 3.8) is 0 Å². The Morgan fingerprint density at radius 2 is 1.91 bits per heavy atom. The van der Waals surface area contributed by atoms with Crippen LogP contribution in [0.25, 0.3) is 32.2 Å². The largest absolute Gasteiger partial charge is 0.463 e. The summed E-state index contributed by atoms with van der Waals surface area (Å²) in [6.07, 6.45) is 5.81. The first-order chi connectivity index (χ1) is 22.9. The molecule has 2 bridgehead atoms. The van der Waals surface area contributed by atoms with Crippen LogP contribution in [-0.4, -0.2) is 77.4 Å². The fourth-order valence-corrected chi connectivity index (χ4v) is 8.97. The number of halogens is 3. The van der Waals surface area contributed by atoms with Gasteiger partial charge >= 0.3 is 6.01 Å². The van der Waals surface area contributed by atoms with E-state index in [0.717, 1.165) is 81.4 Å². The molecule has 2 unspecified atom stereocenters. The predicted molar refractivity (Wildman–Crippen MR) is 171 cm³/mol. The summed E-state index contributed by atoms with van der Waals surface area (Å²) in [7, 11) is 0. The van der Waals surface area contributed by atoms with Crippen LogP contribution in [0.5, 0.6) is 6.01 Å². The summed E-state index contributed by atoms with van der Waals surface area (Å²) in [5.41, 5.74) is 7.75. The number of pyridine rings is 1. The van der Waals surface area contributed by atoms with Gasteiger partial charge in [0.05, 0.1) is 47.4 Å².